The number of benzene rings is 1. The Morgan fingerprint density at radius 1 is 1.19 bits per heavy atom. The van der Waals surface area contributed by atoms with Crippen LogP contribution in [0.5, 0.6) is 5.88 Å². The third-order valence-corrected chi connectivity index (χ3v) is 3.09. The molecule has 2 rings (SSSR count). The topological polar surface area (TPSA) is 80.3 Å². The third-order valence-electron chi connectivity index (χ3n) is 3.09. The molecule has 0 saturated carbocycles. The van der Waals surface area contributed by atoms with Crippen LogP contribution in [0, 0.1) is 0 Å². The van der Waals surface area contributed by atoms with Crippen molar-refractivity contribution < 1.29 is 27.5 Å². The van der Waals surface area contributed by atoms with E-state index in [1.807, 2.05) is 0 Å². The Kier molecular flexibility index (Phi) is 6.16. The second kappa shape index (κ2) is 8.32. The van der Waals surface area contributed by atoms with Crippen LogP contribution in [-0.4, -0.2) is 29.6 Å². The maximum Gasteiger partial charge on any atom is 0.422 e. The molecule has 2 aromatic rings. The summed E-state index contributed by atoms with van der Waals surface area (Å²) in [6, 6.07) is 9.54. The average molecular weight is 367 g/mol. The molecule has 0 spiro atoms. The van der Waals surface area contributed by atoms with Crippen molar-refractivity contribution in [1.82, 2.24) is 10.3 Å². The molecule has 9 heteroatoms. The van der Waals surface area contributed by atoms with Gasteiger partial charge in [0.15, 0.2) is 6.61 Å². The smallest absolute Gasteiger partial charge is 0.422 e. The number of anilines is 1. The number of amides is 2. The van der Waals surface area contributed by atoms with Gasteiger partial charge in [0.2, 0.25) is 11.8 Å². The largest absolute Gasteiger partial charge is 0.467 e. The molecule has 0 aliphatic carbocycles. The van der Waals surface area contributed by atoms with Gasteiger partial charge >= 0.3 is 6.18 Å². The van der Waals surface area contributed by atoms with E-state index in [-0.39, 0.29) is 18.0 Å². The lowest BCUT2D eigenvalue weighted by atomic mass is 10.2. The highest BCUT2D eigenvalue weighted by atomic mass is 19.4. The normalized spacial score (nSPS) is 10.9. The predicted octanol–water partition coefficient (Wildman–Crippen LogP) is 2.91. The van der Waals surface area contributed by atoms with Gasteiger partial charge < -0.3 is 15.4 Å². The van der Waals surface area contributed by atoms with Crippen LogP contribution >= 0.6 is 0 Å². The van der Waals surface area contributed by atoms with Gasteiger partial charge in [0, 0.05) is 25.4 Å². The van der Waals surface area contributed by atoms with Crippen molar-refractivity contribution in [3.8, 4) is 5.88 Å². The van der Waals surface area contributed by atoms with Gasteiger partial charge in [-0.3, -0.25) is 9.59 Å². The average Bonchev–Trinajstić information content (AvgIpc) is 2.57. The van der Waals surface area contributed by atoms with E-state index in [0.717, 1.165) is 0 Å². The molecule has 1 aromatic heterocycles. The lowest BCUT2D eigenvalue weighted by Gasteiger charge is -2.12. The number of hydrogen-bond donors (Lipinski definition) is 2. The van der Waals surface area contributed by atoms with Crippen molar-refractivity contribution in [1.29, 1.82) is 0 Å². The SMILES string of the molecule is CC(=O)Nc1cccc(CNC(=O)c2cccnc2OCC(F)(F)F)c1. The highest BCUT2D eigenvalue weighted by Crippen LogP contribution is 2.20. The van der Waals surface area contributed by atoms with E-state index in [1.54, 1.807) is 24.3 Å². The van der Waals surface area contributed by atoms with Crippen LogP contribution in [0.25, 0.3) is 0 Å². The lowest BCUT2D eigenvalue weighted by molar-refractivity contribution is -0.154. The van der Waals surface area contributed by atoms with Crippen LogP contribution in [0.3, 0.4) is 0 Å². The Morgan fingerprint density at radius 2 is 1.96 bits per heavy atom. The third kappa shape index (κ3) is 6.08. The van der Waals surface area contributed by atoms with E-state index in [4.69, 9.17) is 0 Å². The standard InChI is InChI=1S/C17H16F3N3O3/c1-11(24)23-13-5-2-4-12(8-13)9-22-15(25)14-6-3-7-21-16(14)26-10-17(18,19)20/h2-8H,9-10H2,1H3,(H,22,25)(H,23,24). The van der Waals surface area contributed by atoms with Gasteiger partial charge in [-0.25, -0.2) is 4.98 Å². The summed E-state index contributed by atoms with van der Waals surface area (Å²) in [6.07, 6.45) is -3.30. The van der Waals surface area contributed by atoms with Crippen molar-refractivity contribution in [2.45, 2.75) is 19.6 Å². The molecule has 2 amide bonds. The van der Waals surface area contributed by atoms with Gasteiger partial charge in [-0.05, 0) is 29.8 Å². The summed E-state index contributed by atoms with van der Waals surface area (Å²) in [5, 5.41) is 5.20. The number of hydrogen-bond acceptors (Lipinski definition) is 4. The number of nitrogens with zero attached hydrogens (tertiary/aromatic N) is 1. The van der Waals surface area contributed by atoms with Gasteiger partial charge in [-0.1, -0.05) is 12.1 Å². The molecule has 0 aliphatic rings. The molecule has 0 unspecified atom stereocenters. The number of aromatic nitrogens is 1. The van der Waals surface area contributed by atoms with Crippen LogP contribution in [0.2, 0.25) is 0 Å². The highest BCUT2D eigenvalue weighted by molar-refractivity contribution is 5.96. The first-order chi connectivity index (χ1) is 12.2. The molecule has 2 N–H and O–H groups in total. The molecule has 0 bridgehead atoms. The summed E-state index contributed by atoms with van der Waals surface area (Å²) < 4.78 is 41.5. The fraction of sp³-hybridized carbons (Fsp3) is 0.235. The molecule has 0 atom stereocenters. The van der Waals surface area contributed by atoms with Gasteiger partial charge in [-0.15, -0.1) is 0 Å². The summed E-state index contributed by atoms with van der Waals surface area (Å²) in [5.41, 5.74) is 1.17. The Morgan fingerprint density at radius 3 is 2.65 bits per heavy atom. The lowest BCUT2D eigenvalue weighted by Crippen LogP contribution is -2.25. The minimum Gasteiger partial charge on any atom is -0.467 e. The van der Waals surface area contributed by atoms with E-state index >= 15 is 0 Å². The number of halogens is 3. The number of carbonyl (C=O) groups excluding carboxylic acids is 2. The molecule has 0 fully saturated rings. The van der Waals surface area contributed by atoms with E-state index in [2.05, 4.69) is 20.4 Å². The van der Waals surface area contributed by atoms with Crippen molar-refractivity contribution >= 4 is 17.5 Å². The number of alkyl halides is 3. The van der Waals surface area contributed by atoms with Gasteiger partial charge in [0.1, 0.15) is 5.56 Å². The molecule has 0 saturated heterocycles. The second-order valence-corrected chi connectivity index (χ2v) is 5.32. The van der Waals surface area contributed by atoms with E-state index in [0.29, 0.717) is 11.3 Å². The molecule has 1 heterocycles. The van der Waals surface area contributed by atoms with Crippen LogP contribution in [0.1, 0.15) is 22.8 Å². The monoisotopic (exact) mass is 367 g/mol. The zero-order valence-electron chi connectivity index (χ0n) is 13.8. The summed E-state index contributed by atoms with van der Waals surface area (Å²) in [5.74, 6) is -1.25. The van der Waals surface area contributed by atoms with E-state index in [1.165, 1.54) is 25.3 Å². The van der Waals surface area contributed by atoms with Crippen molar-refractivity contribution in [3.05, 3.63) is 53.7 Å². The quantitative estimate of drug-likeness (QED) is 0.823. The number of nitrogens with one attached hydrogen (secondary N) is 2. The second-order valence-electron chi connectivity index (χ2n) is 5.32. The summed E-state index contributed by atoms with van der Waals surface area (Å²) in [6.45, 7) is -0.0533. The van der Waals surface area contributed by atoms with Crippen molar-refractivity contribution in [2.24, 2.45) is 0 Å². The van der Waals surface area contributed by atoms with E-state index in [9.17, 15) is 22.8 Å². The molecular formula is C17H16F3N3O3. The Hall–Kier alpha value is -3.10. The Balaban J connectivity index is 2.03. The van der Waals surface area contributed by atoms with Gasteiger partial charge in [0.05, 0.1) is 0 Å². The molecule has 26 heavy (non-hydrogen) atoms. The first-order valence-corrected chi connectivity index (χ1v) is 7.54. The summed E-state index contributed by atoms with van der Waals surface area (Å²) in [7, 11) is 0. The fourth-order valence-electron chi connectivity index (χ4n) is 2.07. The van der Waals surface area contributed by atoms with E-state index < -0.39 is 24.6 Å². The minimum absolute atomic E-state index is 0.102. The zero-order chi connectivity index (χ0) is 19.2. The number of pyridine rings is 1. The Labute approximate surface area is 147 Å². The molecule has 1 aromatic carbocycles. The predicted molar refractivity (Wildman–Crippen MR) is 87.7 cm³/mol. The van der Waals surface area contributed by atoms with Crippen LogP contribution in [-0.2, 0) is 11.3 Å². The molecule has 138 valence electrons. The number of carbonyl (C=O) groups is 2. The van der Waals surface area contributed by atoms with Gasteiger partial charge in [0.25, 0.3) is 5.91 Å². The van der Waals surface area contributed by atoms with Gasteiger partial charge in [-0.2, -0.15) is 13.2 Å². The van der Waals surface area contributed by atoms with Crippen molar-refractivity contribution in [3.63, 3.8) is 0 Å². The van der Waals surface area contributed by atoms with Crippen LogP contribution in [0.15, 0.2) is 42.6 Å². The first-order valence-electron chi connectivity index (χ1n) is 7.54. The molecule has 0 radical (unpaired) electrons. The molecule has 0 aliphatic heterocycles. The number of ether oxygens (including phenoxy) is 1. The number of rotatable bonds is 6. The fourth-order valence-corrected chi connectivity index (χ4v) is 2.07. The summed E-state index contributed by atoms with van der Waals surface area (Å²) >= 11 is 0. The highest BCUT2D eigenvalue weighted by Gasteiger charge is 2.29. The van der Waals surface area contributed by atoms with Crippen molar-refractivity contribution in [2.75, 3.05) is 11.9 Å². The van der Waals surface area contributed by atoms with Crippen LogP contribution in [0.4, 0.5) is 18.9 Å². The first kappa shape index (κ1) is 19.2. The maximum absolute atomic E-state index is 12.3. The molecule has 6 nitrogen and oxygen atoms in total. The minimum atomic E-state index is -4.53. The summed E-state index contributed by atoms with van der Waals surface area (Å²) in [4.78, 5) is 27.0. The zero-order valence-corrected chi connectivity index (χ0v) is 13.8. The molecular weight excluding hydrogens is 351 g/mol. The Bertz CT molecular complexity index is 794. The maximum atomic E-state index is 12.3. The van der Waals surface area contributed by atoms with Crippen LogP contribution < -0.4 is 15.4 Å².